The highest BCUT2D eigenvalue weighted by atomic mass is 35.5. The van der Waals surface area contributed by atoms with E-state index in [0.29, 0.717) is 18.4 Å². The SMILES string of the molecule is CC1CC(C(Cl)c2ccc3c(c2)CCC(=O)N3)CO1. The van der Waals surface area contributed by atoms with Crippen molar-refractivity contribution >= 4 is 23.2 Å². The molecule has 0 aliphatic carbocycles. The fourth-order valence-corrected chi connectivity index (χ4v) is 3.21. The van der Waals surface area contributed by atoms with Crippen LogP contribution in [-0.2, 0) is 16.0 Å². The molecular formula is C15H18ClNO2. The number of fused-ring (bicyclic) bond motifs is 1. The van der Waals surface area contributed by atoms with Gasteiger partial charge in [-0.15, -0.1) is 11.6 Å². The van der Waals surface area contributed by atoms with Gasteiger partial charge in [0.25, 0.3) is 0 Å². The minimum atomic E-state index is -0.00659. The summed E-state index contributed by atoms with van der Waals surface area (Å²) >= 11 is 6.58. The van der Waals surface area contributed by atoms with Crippen molar-refractivity contribution in [2.75, 3.05) is 11.9 Å². The molecule has 0 spiro atoms. The highest BCUT2D eigenvalue weighted by Gasteiger charge is 2.30. The van der Waals surface area contributed by atoms with Gasteiger partial charge in [-0.3, -0.25) is 4.79 Å². The van der Waals surface area contributed by atoms with Gasteiger partial charge >= 0.3 is 0 Å². The molecule has 2 heterocycles. The molecule has 0 radical (unpaired) electrons. The Morgan fingerprint density at radius 1 is 1.42 bits per heavy atom. The molecule has 3 atom stereocenters. The van der Waals surface area contributed by atoms with Crippen LogP contribution in [0.3, 0.4) is 0 Å². The number of aryl methyl sites for hydroxylation is 1. The van der Waals surface area contributed by atoms with Crippen molar-refractivity contribution in [2.45, 2.75) is 37.7 Å². The van der Waals surface area contributed by atoms with Crippen molar-refractivity contribution in [3.8, 4) is 0 Å². The van der Waals surface area contributed by atoms with Crippen LogP contribution in [-0.4, -0.2) is 18.6 Å². The molecule has 19 heavy (non-hydrogen) atoms. The van der Waals surface area contributed by atoms with Crippen LogP contribution in [0.5, 0.6) is 0 Å². The average Bonchev–Trinajstić information content (AvgIpc) is 2.84. The normalized spacial score (nSPS) is 27.8. The van der Waals surface area contributed by atoms with Gasteiger partial charge in [-0.1, -0.05) is 12.1 Å². The number of hydrogen-bond acceptors (Lipinski definition) is 2. The Bertz CT molecular complexity index is 503. The lowest BCUT2D eigenvalue weighted by Gasteiger charge is -2.21. The molecule has 2 aliphatic heterocycles. The smallest absolute Gasteiger partial charge is 0.224 e. The fourth-order valence-electron chi connectivity index (χ4n) is 2.90. The van der Waals surface area contributed by atoms with Crippen LogP contribution in [0.4, 0.5) is 5.69 Å². The van der Waals surface area contributed by atoms with Crippen LogP contribution >= 0.6 is 11.6 Å². The number of carbonyl (C=O) groups is 1. The minimum absolute atomic E-state index is 0.00659. The number of hydrogen-bond donors (Lipinski definition) is 1. The Morgan fingerprint density at radius 3 is 3.00 bits per heavy atom. The Morgan fingerprint density at radius 2 is 2.26 bits per heavy atom. The summed E-state index contributed by atoms with van der Waals surface area (Å²) in [6, 6.07) is 6.12. The summed E-state index contributed by atoms with van der Waals surface area (Å²) in [4.78, 5) is 11.3. The first-order valence-electron chi connectivity index (χ1n) is 6.82. The van der Waals surface area contributed by atoms with E-state index in [2.05, 4.69) is 18.3 Å². The monoisotopic (exact) mass is 279 g/mol. The van der Waals surface area contributed by atoms with Crippen molar-refractivity contribution in [3.05, 3.63) is 29.3 Å². The van der Waals surface area contributed by atoms with Crippen molar-refractivity contribution in [1.29, 1.82) is 0 Å². The van der Waals surface area contributed by atoms with Gasteiger partial charge in [0.05, 0.1) is 18.1 Å². The number of alkyl halides is 1. The number of anilines is 1. The quantitative estimate of drug-likeness (QED) is 0.844. The first kappa shape index (κ1) is 12.9. The van der Waals surface area contributed by atoms with E-state index in [1.807, 2.05) is 12.1 Å². The fraction of sp³-hybridized carbons (Fsp3) is 0.533. The molecule has 3 unspecified atom stereocenters. The third kappa shape index (κ3) is 2.63. The van der Waals surface area contributed by atoms with Gasteiger partial charge in [-0.05, 0) is 37.0 Å². The largest absolute Gasteiger partial charge is 0.378 e. The van der Waals surface area contributed by atoms with Gasteiger partial charge in [0.2, 0.25) is 5.91 Å². The molecule has 2 aliphatic rings. The average molecular weight is 280 g/mol. The second-order valence-corrected chi connectivity index (χ2v) is 5.98. The Labute approximate surface area is 118 Å². The highest BCUT2D eigenvalue weighted by molar-refractivity contribution is 6.21. The first-order valence-corrected chi connectivity index (χ1v) is 7.25. The van der Waals surface area contributed by atoms with Crippen molar-refractivity contribution in [1.82, 2.24) is 0 Å². The molecule has 1 aromatic rings. The number of amides is 1. The predicted molar refractivity (Wildman–Crippen MR) is 75.5 cm³/mol. The number of carbonyl (C=O) groups excluding carboxylic acids is 1. The molecule has 1 aromatic carbocycles. The first-order chi connectivity index (χ1) is 9.13. The van der Waals surface area contributed by atoms with Crippen molar-refractivity contribution in [3.63, 3.8) is 0 Å². The Balaban J connectivity index is 1.80. The van der Waals surface area contributed by atoms with Gasteiger partial charge < -0.3 is 10.1 Å². The van der Waals surface area contributed by atoms with Gasteiger partial charge in [-0.2, -0.15) is 0 Å². The topological polar surface area (TPSA) is 38.3 Å². The summed E-state index contributed by atoms with van der Waals surface area (Å²) in [5.41, 5.74) is 3.26. The maximum absolute atomic E-state index is 11.3. The van der Waals surface area contributed by atoms with Gasteiger partial charge in [0, 0.05) is 18.0 Å². The van der Waals surface area contributed by atoms with Crippen molar-refractivity contribution < 1.29 is 9.53 Å². The molecule has 1 N–H and O–H groups in total. The molecule has 0 saturated carbocycles. The number of nitrogens with one attached hydrogen (secondary N) is 1. The highest BCUT2D eigenvalue weighted by Crippen LogP contribution is 2.38. The number of benzene rings is 1. The summed E-state index contributed by atoms with van der Waals surface area (Å²) in [7, 11) is 0. The molecule has 1 amide bonds. The van der Waals surface area contributed by atoms with Crippen LogP contribution in [0, 0.1) is 5.92 Å². The molecule has 1 saturated heterocycles. The summed E-state index contributed by atoms with van der Waals surface area (Å²) < 4.78 is 5.59. The Hall–Kier alpha value is -1.06. The lowest BCUT2D eigenvalue weighted by molar-refractivity contribution is -0.116. The molecule has 0 bridgehead atoms. The van der Waals surface area contributed by atoms with E-state index in [4.69, 9.17) is 16.3 Å². The van der Waals surface area contributed by atoms with E-state index in [1.165, 1.54) is 5.56 Å². The van der Waals surface area contributed by atoms with E-state index in [9.17, 15) is 4.79 Å². The lowest BCUT2D eigenvalue weighted by atomic mass is 9.93. The second-order valence-electron chi connectivity index (χ2n) is 5.51. The molecule has 3 rings (SSSR count). The molecule has 4 heteroatoms. The summed E-state index contributed by atoms with van der Waals surface area (Å²) in [6.45, 7) is 2.83. The number of ether oxygens (including phenoxy) is 1. The van der Waals surface area contributed by atoms with E-state index < -0.39 is 0 Å². The van der Waals surface area contributed by atoms with E-state index in [0.717, 1.165) is 30.7 Å². The van der Waals surface area contributed by atoms with Crippen molar-refractivity contribution in [2.24, 2.45) is 5.92 Å². The van der Waals surface area contributed by atoms with Gasteiger partial charge in [-0.25, -0.2) is 0 Å². The van der Waals surface area contributed by atoms with E-state index >= 15 is 0 Å². The predicted octanol–water partition coefficient (Wildman–Crippen LogP) is 3.28. The molecule has 102 valence electrons. The van der Waals surface area contributed by atoms with E-state index in [-0.39, 0.29) is 11.3 Å². The van der Waals surface area contributed by atoms with Crippen LogP contribution < -0.4 is 5.32 Å². The zero-order valence-electron chi connectivity index (χ0n) is 11.0. The summed E-state index contributed by atoms with van der Waals surface area (Å²) in [5, 5.41) is 2.89. The third-order valence-corrected chi connectivity index (χ3v) is 4.59. The molecule has 0 aromatic heterocycles. The van der Waals surface area contributed by atoms with E-state index in [1.54, 1.807) is 0 Å². The maximum Gasteiger partial charge on any atom is 0.224 e. The second kappa shape index (κ2) is 5.14. The lowest BCUT2D eigenvalue weighted by Crippen LogP contribution is -2.19. The minimum Gasteiger partial charge on any atom is -0.378 e. The molecular weight excluding hydrogens is 262 g/mol. The molecule has 1 fully saturated rings. The van der Waals surface area contributed by atoms with Gasteiger partial charge in [0.1, 0.15) is 0 Å². The van der Waals surface area contributed by atoms with Crippen LogP contribution in [0.25, 0.3) is 0 Å². The van der Waals surface area contributed by atoms with Crippen LogP contribution in [0.2, 0.25) is 0 Å². The summed E-state index contributed by atoms with van der Waals surface area (Å²) in [6.07, 6.45) is 2.69. The van der Waals surface area contributed by atoms with Crippen LogP contribution in [0.15, 0.2) is 18.2 Å². The molecule has 3 nitrogen and oxygen atoms in total. The van der Waals surface area contributed by atoms with Gasteiger partial charge in [0.15, 0.2) is 0 Å². The standard InChI is InChI=1S/C15H18ClNO2/c1-9-6-12(8-19-9)15(16)11-2-4-13-10(7-11)3-5-14(18)17-13/h2,4,7,9,12,15H,3,5-6,8H2,1H3,(H,17,18). The van der Waals surface area contributed by atoms with Crippen LogP contribution in [0.1, 0.15) is 36.3 Å². The third-order valence-electron chi connectivity index (χ3n) is 3.99. The number of halogens is 1. The Kier molecular flexibility index (Phi) is 3.50. The summed E-state index contributed by atoms with van der Waals surface area (Å²) in [5.74, 6) is 0.480. The zero-order valence-corrected chi connectivity index (χ0v) is 11.7. The maximum atomic E-state index is 11.3. The zero-order chi connectivity index (χ0) is 13.4. The number of rotatable bonds is 2.